The maximum absolute atomic E-state index is 12.0. The SMILES string of the molecule is Cc1cn([C@H]2C[C@H](N)[C@@H](CSc3ccccc3)O2)c(=O)[nH]c1=O. The van der Waals surface area contributed by atoms with Gasteiger partial charge in [-0.2, -0.15) is 0 Å². The van der Waals surface area contributed by atoms with Crippen LogP contribution in [-0.4, -0.2) is 27.4 Å². The summed E-state index contributed by atoms with van der Waals surface area (Å²) in [6, 6.07) is 9.89. The van der Waals surface area contributed by atoms with Crippen molar-refractivity contribution in [1.82, 2.24) is 9.55 Å². The Morgan fingerprint density at radius 2 is 2.09 bits per heavy atom. The molecule has 3 N–H and O–H groups in total. The number of aryl methyl sites for hydroxylation is 1. The number of ether oxygens (including phenoxy) is 1. The van der Waals surface area contributed by atoms with Crippen molar-refractivity contribution in [2.75, 3.05) is 5.75 Å². The molecule has 1 fully saturated rings. The van der Waals surface area contributed by atoms with Crippen molar-refractivity contribution in [2.45, 2.75) is 36.6 Å². The molecule has 0 unspecified atom stereocenters. The quantitative estimate of drug-likeness (QED) is 0.822. The number of H-pyrrole nitrogens is 1. The van der Waals surface area contributed by atoms with Crippen molar-refractivity contribution in [3.8, 4) is 0 Å². The molecule has 2 aromatic rings. The normalized spacial score (nSPS) is 24.0. The Labute approximate surface area is 137 Å². The lowest BCUT2D eigenvalue weighted by atomic mass is 10.1. The molecule has 0 aliphatic carbocycles. The Morgan fingerprint density at radius 1 is 1.35 bits per heavy atom. The minimum absolute atomic E-state index is 0.135. The zero-order chi connectivity index (χ0) is 16.4. The number of nitrogens with one attached hydrogen (secondary N) is 1. The van der Waals surface area contributed by atoms with E-state index in [1.165, 1.54) is 10.8 Å². The molecule has 1 aliphatic heterocycles. The van der Waals surface area contributed by atoms with Crippen molar-refractivity contribution in [3.63, 3.8) is 0 Å². The first kappa shape index (κ1) is 16.0. The number of nitrogens with two attached hydrogens (primary N) is 1. The molecule has 0 spiro atoms. The minimum atomic E-state index is -0.464. The summed E-state index contributed by atoms with van der Waals surface area (Å²) in [6.45, 7) is 1.66. The van der Waals surface area contributed by atoms with Gasteiger partial charge in [0.1, 0.15) is 6.23 Å². The molecule has 7 heteroatoms. The molecular weight excluding hydrogens is 314 g/mol. The zero-order valence-electron chi connectivity index (χ0n) is 12.8. The Kier molecular flexibility index (Phi) is 4.70. The minimum Gasteiger partial charge on any atom is -0.352 e. The van der Waals surface area contributed by atoms with E-state index in [4.69, 9.17) is 10.5 Å². The van der Waals surface area contributed by atoms with E-state index in [1.807, 2.05) is 30.3 Å². The summed E-state index contributed by atoms with van der Waals surface area (Å²) in [4.78, 5) is 26.9. The molecular formula is C16H19N3O3S. The van der Waals surface area contributed by atoms with Crippen LogP contribution >= 0.6 is 11.8 Å². The van der Waals surface area contributed by atoms with Crippen molar-refractivity contribution in [2.24, 2.45) is 5.73 Å². The van der Waals surface area contributed by atoms with Gasteiger partial charge >= 0.3 is 5.69 Å². The van der Waals surface area contributed by atoms with E-state index >= 15 is 0 Å². The van der Waals surface area contributed by atoms with Gasteiger partial charge in [0.25, 0.3) is 5.56 Å². The molecule has 1 saturated heterocycles. The Morgan fingerprint density at radius 3 is 2.83 bits per heavy atom. The van der Waals surface area contributed by atoms with Gasteiger partial charge in [-0.15, -0.1) is 11.8 Å². The molecule has 0 bridgehead atoms. The van der Waals surface area contributed by atoms with E-state index < -0.39 is 11.9 Å². The second kappa shape index (κ2) is 6.74. The summed E-state index contributed by atoms with van der Waals surface area (Å²) < 4.78 is 7.37. The first-order valence-corrected chi connectivity index (χ1v) is 8.44. The highest BCUT2D eigenvalue weighted by atomic mass is 32.2. The number of aromatic amines is 1. The van der Waals surface area contributed by atoms with Crippen LogP contribution in [0, 0.1) is 6.92 Å². The Bertz CT molecular complexity index is 787. The third-order valence-corrected chi connectivity index (χ3v) is 5.00. The van der Waals surface area contributed by atoms with Crippen LogP contribution in [0.5, 0.6) is 0 Å². The van der Waals surface area contributed by atoms with Gasteiger partial charge in [0, 0.05) is 34.9 Å². The van der Waals surface area contributed by atoms with E-state index in [1.54, 1.807) is 18.7 Å². The van der Waals surface area contributed by atoms with Crippen LogP contribution in [0.25, 0.3) is 0 Å². The molecule has 3 atom stereocenters. The van der Waals surface area contributed by atoms with E-state index in [2.05, 4.69) is 4.98 Å². The average Bonchev–Trinajstić information content (AvgIpc) is 2.91. The van der Waals surface area contributed by atoms with Crippen molar-refractivity contribution in [3.05, 3.63) is 62.9 Å². The third kappa shape index (κ3) is 3.57. The number of nitrogens with zero attached hydrogens (tertiary/aromatic N) is 1. The van der Waals surface area contributed by atoms with Gasteiger partial charge in [-0.25, -0.2) is 4.79 Å². The average molecular weight is 333 g/mol. The molecule has 1 aliphatic rings. The van der Waals surface area contributed by atoms with Crippen LogP contribution in [0.4, 0.5) is 0 Å². The molecule has 122 valence electrons. The summed E-state index contributed by atoms with van der Waals surface area (Å²) >= 11 is 1.68. The van der Waals surface area contributed by atoms with Gasteiger partial charge in [-0.1, -0.05) is 18.2 Å². The third-order valence-electron chi connectivity index (χ3n) is 3.90. The van der Waals surface area contributed by atoms with Gasteiger partial charge in [0.15, 0.2) is 0 Å². The summed E-state index contributed by atoms with van der Waals surface area (Å²) in [7, 11) is 0. The number of hydrogen-bond acceptors (Lipinski definition) is 5. The predicted molar refractivity (Wildman–Crippen MR) is 89.7 cm³/mol. The van der Waals surface area contributed by atoms with Crippen molar-refractivity contribution in [1.29, 1.82) is 0 Å². The standard InChI is InChI=1S/C16H19N3O3S/c1-10-8-19(16(21)18-15(10)20)14-7-12(17)13(22-14)9-23-11-5-3-2-4-6-11/h2-6,8,12-14H,7,9,17H2,1H3,(H,18,20,21)/t12-,13+,14+/m0/s1. The summed E-state index contributed by atoms with van der Waals surface area (Å²) in [5, 5.41) is 0. The van der Waals surface area contributed by atoms with Gasteiger partial charge in [-0.3, -0.25) is 14.3 Å². The maximum Gasteiger partial charge on any atom is 0.330 e. The lowest BCUT2D eigenvalue weighted by Crippen LogP contribution is -2.33. The lowest BCUT2D eigenvalue weighted by Gasteiger charge is -2.16. The summed E-state index contributed by atoms with van der Waals surface area (Å²) in [5.41, 5.74) is 5.80. The number of hydrogen-bond donors (Lipinski definition) is 2. The molecule has 2 heterocycles. The highest BCUT2D eigenvalue weighted by Crippen LogP contribution is 2.30. The largest absolute Gasteiger partial charge is 0.352 e. The van der Waals surface area contributed by atoms with Crippen molar-refractivity contribution < 1.29 is 4.74 Å². The molecule has 1 aromatic heterocycles. The molecule has 1 aromatic carbocycles. The van der Waals surface area contributed by atoms with Crippen molar-refractivity contribution >= 4 is 11.8 Å². The fraction of sp³-hybridized carbons (Fsp3) is 0.375. The first-order chi connectivity index (χ1) is 11.0. The number of rotatable bonds is 4. The number of aromatic nitrogens is 2. The van der Waals surface area contributed by atoms with Crippen LogP contribution < -0.4 is 17.0 Å². The van der Waals surface area contributed by atoms with Crippen LogP contribution in [-0.2, 0) is 4.74 Å². The summed E-state index contributed by atoms with van der Waals surface area (Å²) in [6.07, 6.45) is 1.51. The fourth-order valence-corrected chi connectivity index (χ4v) is 3.61. The topological polar surface area (TPSA) is 90.1 Å². The van der Waals surface area contributed by atoms with E-state index in [9.17, 15) is 9.59 Å². The van der Waals surface area contributed by atoms with E-state index in [0.29, 0.717) is 12.0 Å². The van der Waals surface area contributed by atoms with Crippen LogP contribution in [0.15, 0.2) is 51.0 Å². The summed E-state index contributed by atoms with van der Waals surface area (Å²) in [5.74, 6) is 0.721. The second-order valence-electron chi connectivity index (χ2n) is 5.63. The highest BCUT2D eigenvalue weighted by molar-refractivity contribution is 7.99. The second-order valence-corrected chi connectivity index (χ2v) is 6.72. The Hall–Kier alpha value is -1.83. The maximum atomic E-state index is 12.0. The fourth-order valence-electron chi connectivity index (χ4n) is 2.58. The van der Waals surface area contributed by atoms with Gasteiger partial charge < -0.3 is 10.5 Å². The zero-order valence-corrected chi connectivity index (χ0v) is 13.6. The monoisotopic (exact) mass is 333 g/mol. The van der Waals surface area contributed by atoms with Gasteiger partial charge in [0.2, 0.25) is 0 Å². The van der Waals surface area contributed by atoms with E-state index in [0.717, 1.165) is 10.6 Å². The van der Waals surface area contributed by atoms with Gasteiger partial charge in [0.05, 0.1) is 6.10 Å². The Balaban J connectivity index is 1.70. The number of benzene rings is 1. The highest BCUT2D eigenvalue weighted by Gasteiger charge is 2.34. The molecule has 0 radical (unpaired) electrons. The smallest absolute Gasteiger partial charge is 0.330 e. The van der Waals surface area contributed by atoms with Crippen LogP contribution in [0.3, 0.4) is 0 Å². The molecule has 23 heavy (non-hydrogen) atoms. The predicted octanol–water partition coefficient (Wildman–Crippen LogP) is 1.25. The first-order valence-electron chi connectivity index (χ1n) is 7.45. The van der Waals surface area contributed by atoms with Gasteiger partial charge in [-0.05, 0) is 19.1 Å². The molecule has 0 amide bonds. The number of thioether (sulfide) groups is 1. The van der Waals surface area contributed by atoms with Crippen LogP contribution in [0.1, 0.15) is 18.2 Å². The molecule has 0 saturated carbocycles. The molecule has 6 nitrogen and oxygen atoms in total. The lowest BCUT2D eigenvalue weighted by molar-refractivity contribution is 0.00814. The molecule has 3 rings (SSSR count). The van der Waals surface area contributed by atoms with Crippen LogP contribution in [0.2, 0.25) is 0 Å². The van der Waals surface area contributed by atoms with E-state index in [-0.39, 0.29) is 17.7 Å².